The van der Waals surface area contributed by atoms with Gasteiger partial charge < -0.3 is 0 Å². The molecule has 0 N–H and O–H groups in total. The minimum atomic E-state index is 0.0359. The zero-order chi connectivity index (χ0) is 13.2. The Bertz CT molecular complexity index is 649. The lowest BCUT2D eigenvalue weighted by atomic mass is 10.2. The molecule has 2 aromatic rings. The molecular weight excluding hydrogens is 280 g/mol. The van der Waals surface area contributed by atoms with Gasteiger partial charge in [-0.2, -0.15) is 11.8 Å². The van der Waals surface area contributed by atoms with Crippen LogP contribution in [0.4, 0.5) is 0 Å². The van der Waals surface area contributed by atoms with Crippen LogP contribution in [0.5, 0.6) is 0 Å². The summed E-state index contributed by atoms with van der Waals surface area (Å²) in [4.78, 5) is 17.1. The number of benzene rings is 1. The zero-order valence-electron chi connectivity index (χ0n) is 10.5. The number of nitrogens with zero attached hydrogens (tertiary/aromatic N) is 2. The fourth-order valence-electron chi connectivity index (χ4n) is 2.50. The molecule has 3 nitrogen and oxygen atoms in total. The Morgan fingerprint density at radius 2 is 2.26 bits per heavy atom. The first-order chi connectivity index (χ1) is 9.29. The van der Waals surface area contributed by atoms with Crippen molar-refractivity contribution < 1.29 is 0 Å². The molecule has 0 saturated carbocycles. The predicted octanol–water partition coefficient (Wildman–Crippen LogP) is 3.03. The maximum absolute atomic E-state index is 12.6. The molecule has 0 radical (unpaired) electrons. The van der Waals surface area contributed by atoms with E-state index in [4.69, 9.17) is 11.6 Å². The largest absolute Gasteiger partial charge is 0.294 e. The maximum Gasteiger partial charge on any atom is 0.261 e. The fourth-order valence-corrected chi connectivity index (χ4v) is 3.95. The highest BCUT2D eigenvalue weighted by atomic mass is 35.5. The highest BCUT2D eigenvalue weighted by Crippen LogP contribution is 2.27. The molecule has 1 aromatic heterocycles. The van der Waals surface area contributed by atoms with Gasteiger partial charge in [0.25, 0.3) is 5.56 Å². The van der Waals surface area contributed by atoms with Gasteiger partial charge in [0.15, 0.2) is 0 Å². The molecule has 2 heterocycles. The van der Waals surface area contributed by atoms with Gasteiger partial charge >= 0.3 is 0 Å². The maximum atomic E-state index is 12.6. The smallest absolute Gasteiger partial charge is 0.261 e. The predicted molar refractivity (Wildman–Crippen MR) is 81.0 cm³/mol. The summed E-state index contributed by atoms with van der Waals surface area (Å²) in [5, 5.41) is 1.20. The number of hydrogen-bond donors (Lipinski definition) is 0. The number of thioether (sulfide) groups is 1. The summed E-state index contributed by atoms with van der Waals surface area (Å²) in [6.07, 6.45) is 2.41. The molecular formula is C14H15ClN2OS. The second-order valence-electron chi connectivity index (χ2n) is 4.73. The molecule has 100 valence electrons. The second kappa shape index (κ2) is 5.55. The van der Waals surface area contributed by atoms with Crippen LogP contribution in [0.1, 0.15) is 18.7 Å². The van der Waals surface area contributed by atoms with E-state index < -0.39 is 0 Å². The van der Waals surface area contributed by atoms with Crippen LogP contribution in [-0.2, 0) is 12.4 Å². The number of alkyl halides is 1. The minimum absolute atomic E-state index is 0.0359. The molecule has 5 heteroatoms. The van der Waals surface area contributed by atoms with E-state index in [0.29, 0.717) is 16.5 Å². The van der Waals surface area contributed by atoms with Crippen molar-refractivity contribution in [1.29, 1.82) is 0 Å². The van der Waals surface area contributed by atoms with E-state index in [-0.39, 0.29) is 11.4 Å². The second-order valence-corrected chi connectivity index (χ2v) is 6.41. The van der Waals surface area contributed by atoms with Crippen LogP contribution >= 0.6 is 23.4 Å². The van der Waals surface area contributed by atoms with Crippen LogP contribution in [0.2, 0.25) is 0 Å². The van der Waals surface area contributed by atoms with Crippen LogP contribution in [0.15, 0.2) is 29.1 Å². The molecule has 0 amide bonds. The van der Waals surface area contributed by atoms with E-state index in [9.17, 15) is 4.79 Å². The lowest BCUT2D eigenvalue weighted by Gasteiger charge is -2.15. The monoisotopic (exact) mass is 294 g/mol. The number of hydrogen-bond acceptors (Lipinski definition) is 3. The van der Waals surface area contributed by atoms with Crippen molar-refractivity contribution in [2.45, 2.75) is 30.5 Å². The number of aromatic nitrogens is 2. The fraction of sp³-hybridized carbons (Fsp3) is 0.429. The van der Waals surface area contributed by atoms with Crippen LogP contribution < -0.4 is 5.56 Å². The van der Waals surface area contributed by atoms with E-state index >= 15 is 0 Å². The van der Waals surface area contributed by atoms with Crippen molar-refractivity contribution >= 4 is 34.3 Å². The first kappa shape index (κ1) is 13.0. The van der Waals surface area contributed by atoms with Gasteiger partial charge in [-0.3, -0.25) is 9.36 Å². The standard InChI is InChI=1S/C14H15ClN2OS/c15-8-13-16-12-6-2-1-5-11(12)14(18)17(13)9-10-4-3-7-19-10/h1-2,5-6,10H,3-4,7-9H2. The third-order valence-electron chi connectivity index (χ3n) is 3.47. The van der Waals surface area contributed by atoms with Crippen molar-refractivity contribution in [2.75, 3.05) is 5.75 Å². The van der Waals surface area contributed by atoms with Crippen molar-refractivity contribution in [2.24, 2.45) is 0 Å². The third-order valence-corrected chi connectivity index (χ3v) is 5.09. The Morgan fingerprint density at radius 1 is 1.42 bits per heavy atom. The lowest BCUT2D eigenvalue weighted by molar-refractivity contribution is 0.596. The summed E-state index contributed by atoms with van der Waals surface area (Å²) in [5.74, 6) is 2.14. The minimum Gasteiger partial charge on any atom is -0.294 e. The summed E-state index contributed by atoms with van der Waals surface area (Å²) < 4.78 is 1.76. The summed E-state index contributed by atoms with van der Waals surface area (Å²) in [6.45, 7) is 0.726. The van der Waals surface area contributed by atoms with E-state index in [1.807, 2.05) is 36.0 Å². The van der Waals surface area contributed by atoms with Gasteiger partial charge in [0, 0.05) is 11.8 Å². The molecule has 1 unspecified atom stereocenters. The van der Waals surface area contributed by atoms with Crippen LogP contribution in [0, 0.1) is 0 Å². The Labute approximate surface area is 121 Å². The van der Waals surface area contributed by atoms with Crippen molar-refractivity contribution in [3.8, 4) is 0 Å². The quantitative estimate of drug-likeness (QED) is 0.816. The van der Waals surface area contributed by atoms with Crippen molar-refractivity contribution in [3.63, 3.8) is 0 Å². The molecule has 0 aliphatic carbocycles. The normalized spacial score (nSPS) is 19.1. The number of rotatable bonds is 3. The topological polar surface area (TPSA) is 34.9 Å². The van der Waals surface area contributed by atoms with E-state index in [0.717, 1.165) is 12.1 Å². The molecule has 19 heavy (non-hydrogen) atoms. The molecule has 1 saturated heterocycles. The molecule has 1 aliphatic rings. The average Bonchev–Trinajstić information content (AvgIpc) is 2.95. The summed E-state index contributed by atoms with van der Waals surface area (Å²) >= 11 is 7.90. The van der Waals surface area contributed by atoms with Crippen molar-refractivity contribution in [1.82, 2.24) is 9.55 Å². The highest BCUT2D eigenvalue weighted by Gasteiger charge is 2.19. The average molecular weight is 295 g/mol. The first-order valence-corrected chi connectivity index (χ1v) is 8.04. The van der Waals surface area contributed by atoms with Gasteiger partial charge in [-0.05, 0) is 30.7 Å². The Morgan fingerprint density at radius 3 is 3.00 bits per heavy atom. The summed E-state index contributed by atoms with van der Waals surface area (Å²) in [5.41, 5.74) is 0.771. The van der Waals surface area contributed by atoms with Gasteiger partial charge in [0.1, 0.15) is 5.82 Å². The SMILES string of the molecule is O=c1c2ccccc2nc(CCl)n1CC1CCCS1. The van der Waals surface area contributed by atoms with E-state index in [1.54, 1.807) is 4.57 Å². The number of halogens is 1. The van der Waals surface area contributed by atoms with Gasteiger partial charge in [-0.25, -0.2) is 4.98 Å². The molecule has 1 aromatic carbocycles. The van der Waals surface area contributed by atoms with Gasteiger partial charge in [0.05, 0.1) is 16.8 Å². The van der Waals surface area contributed by atoms with Crippen LogP contribution in [0.25, 0.3) is 10.9 Å². The van der Waals surface area contributed by atoms with Crippen LogP contribution in [-0.4, -0.2) is 20.6 Å². The summed E-state index contributed by atoms with van der Waals surface area (Å²) in [6, 6.07) is 7.47. The number of fused-ring (bicyclic) bond motifs is 1. The molecule has 0 spiro atoms. The molecule has 3 rings (SSSR count). The molecule has 1 aliphatic heterocycles. The highest BCUT2D eigenvalue weighted by molar-refractivity contribution is 8.00. The number of para-hydroxylation sites is 1. The Kier molecular flexibility index (Phi) is 3.80. The molecule has 0 bridgehead atoms. The first-order valence-electron chi connectivity index (χ1n) is 6.45. The van der Waals surface area contributed by atoms with E-state index in [2.05, 4.69) is 4.98 Å². The Hall–Kier alpha value is -1.000. The molecule has 1 atom stereocenters. The third kappa shape index (κ3) is 2.51. The summed E-state index contributed by atoms with van der Waals surface area (Å²) in [7, 11) is 0. The Balaban J connectivity index is 2.10. The lowest BCUT2D eigenvalue weighted by Crippen LogP contribution is -2.28. The van der Waals surface area contributed by atoms with Gasteiger partial charge in [0.2, 0.25) is 0 Å². The van der Waals surface area contributed by atoms with Gasteiger partial charge in [-0.1, -0.05) is 12.1 Å². The van der Waals surface area contributed by atoms with Crippen molar-refractivity contribution in [3.05, 3.63) is 40.4 Å². The van der Waals surface area contributed by atoms with Crippen LogP contribution in [0.3, 0.4) is 0 Å². The zero-order valence-corrected chi connectivity index (χ0v) is 12.1. The van der Waals surface area contributed by atoms with E-state index in [1.165, 1.54) is 18.6 Å². The van der Waals surface area contributed by atoms with Gasteiger partial charge in [-0.15, -0.1) is 11.6 Å². The molecule has 1 fully saturated rings.